The largest absolute Gasteiger partial charge is 0.416 e. The SMILES string of the molecule is O=C(NC(=Nc1cc(-c2cccc(C(F)(F)F)c2)[nH]n1)Nc1cc(F)cc(Cl)c1)c1ccc(F)c(F)c1. The van der Waals surface area contributed by atoms with Gasteiger partial charge in [-0.2, -0.15) is 23.3 Å². The van der Waals surface area contributed by atoms with Crippen molar-refractivity contribution in [3.63, 3.8) is 0 Å². The van der Waals surface area contributed by atoms with Crippen molar-refractivity contribution in [2.45, 2.75) is 6.18 Å². The second kappa shape index (κ2) is 10.3. The summed E-state index contributed by atoms with van der Waals surface area (Å²) in [6, 6.07) is 11.7. The summed E-state index contributed by atoms with van der Waals surface area (Å²) in [4.78, 5) is 16.7. The third-order valence-electron chi connectivity index (χ3n) is 4.83. The number of guanidine groups is 1. The molecule has 1 heterocycles. The topological polar surface area (TPSA) is 82.2 Å². The maximum atomic E-state index is 13.8. The molecule has 0 radical (unpaired) electrons. The molecule has 0 saturated heterocycles. The fourth-order valence-corrected chi connectivity index (χ4v) is 3.38. The Morgan fingerprint density at radius 3 is 2.43 bits per heavy atom. The van der Waals surface area contributed by atoms with Crippen molar-refractivity contribution in [1.82, 2.24) is 15.5 Å². The highest BCUT2D eigenvalue weighted by atomic mass is 35.5. The Hall–Kier alpha value is -4.32. The van der Waals surface area contributed by atoms with Crippen LogP contribution in [0.3, 0.4) is 0 Å². The van der Waals surface area contributed by atoms with Crippen molar-refractivity contribution >= 4 is 35.0 Å². The van der Waals surface area contributed by atoms with Crippen LogP contribution in [0.1, 0.15) is 15.9 Å². The number of anilines is 1. The Labute approximate surface area is 210 Å². The number of alkyl halides is 3. The first-order valence-electron chi connectivity index (χ1n) is 10.3. The Morgan fingerprint density at radius 1 is 0.946 bits per heavy atom. The third kappa shape index (κ3) is 6.47. The Bertz CT molecular complexity index is 1480. The van der Waals surface area contributed by atoms with E-state index < -0.39 is 35.1 Å². The van der Waals surface area contributed by atoms with Crippen molar-refractivity contribution in [2.75, 3.05) is 5.32 Å². The normalized spacial score (nSPS) is 11.9. The zero-order valence-electron chi connectivity index (χ0n) is 18.3. The van der Waals surface area contributed by atoms with E-state index in [1.54, 1.807) is 0 Å². The van der Waals surface area contributed by atoms with Crippen LogP contribution >= 0.6 is 11.6 Å². The summed E-state index contributed by atoms with van der Waals surface area (Å²) >= 11 is 5.86. The molecule has 3 N–H and O–H groups in total. The number of hydrogen-bond donors (Lipinski definition) is 3. The first-order valence-corrected chi connectivity index (χ1v) is 10.7. The fraction of sp³-hybridized carbons (Fsp3) is 0.0417. The molecule has 0 bridgehead atoms. The lowest BCUT2D eigenvalue weighted by Crippen LogP contribution is -2.36. The lowest BCUT2D eigenvalue weighted by atomic mass is 10.1. The molecule has 0 aliphatic heterocycles. The number of carbonyl (C=O) groups excluding carboxylic acids is 1. The van der Waals surface area contributed by atoms with Gasteiger partial charge in [-0.3, -0.25) is 15.2 Å². The number of halogens is 7. The van der Waals surface area contributed by atoms with E-state index >= 15 is 0 Å². The molecule has 4 aromatic rings. The predicted octanol–water partition coefficient (Wildman–Crippen LogP) is 6.70. The lowest BCUT2D eigenvalue weighted by Gasteiger charge is -2.12. The van der Waals surface area contributed by atoms with E-state index in [0.29, 0.717) is 6.07 Å². The molecular formula is C24H14ClF6N5O. The Balaban J connectivity index is 1.66. The minimum Gasteiger partial charge on any atom is -0.325 e. The second-order valence-electron chi connectivity index (χ2n) is 7.54. The average Bonchev–Trinajstić information content (AvgIpc) is 3.28. The molecule has 0 unspecified atom stereocenters. The number of nitrogens with one attached hydrogen (secondary N) is 3. The molecule has 1 amide bonds. The molecule has 37 heavy (non-hydrogen) atoms. The van der Waals surface area contributed by atoms with E-state index in [2.05, 4.69) is 25.8 Å². The maximum absolute atomic E-state index is 13.8. The first-order chi connectivity index (χ1) is 17.5. The van der Waals surface area contributed by atoms with Crippen LogP contribution in [0.15, 0.2) is 71.7 Å². The van der Waals surface area contributed by atoms with Crippen LogP contribution in [-0.2, 0) is 6.18 Å². The molecule has 1 aromatic heterocycles. The predicted molar refractivity (Wildman–Crippen MR) is 125 cm³/mol. The summed E-state index contributed by atoms with van der Waals surface area (Å²) in [5.41, 5.74) is -0.694. The number of H-pyrrole nitrogens is 1. The Morgan fingerprint density at radius 2 is 1.73 bits per heavy atom. The van der Waals surface area contributed by atoms with Crippen molar-refractivity contribution in [3.05, 3.63) is 100 Å². The smallest absolute Gasteiger partial charge is 0.325 e. The number of hydrogen-bond acceptors (Lipinski definition) is 3. The number of carbonyl (C=O) groups is 1. The zero-order chi connectivity index (χ0) is 26.7. The van der Waals surface area contributed by atoms with Crippen LogP contribution in [0, 0.1) is 17.5 Å². The van der Waals surface area contributed by atoms with E-state index in [1.165, 1.54) is 24.3 Å². The van der Waals surface area contributed by atoms with Gasteiger partial charge in [-0.15, -0.1) is 0 Å². The van der Waals surface area contributed by atoms with Crippen LogP contribution in [0.5, 0.6) is 0 Å². The third-order valence-corrected chi connectivity index (χ3v) is 5.05. The molecular weight excluding hydrogens is 524 g/mol. The monoisotopic (exact) mass is 537 g/mol. The minimum atomic E-state index is -4.55. The zero-order valence-corrected chi connectivity index (χ0v) is 19.1. The van der Waals surface area contributed by atoms with E-state index in [0.717, 1.165) is 36.4 Å². The van der Waals surface area contributed by atoms with Gasteiger partial charge in [0.2, 0.25) is 5.96 Å². The summed E-state index contributed by atoms with van der Waals surface area (Å²) in [6.45, 7) is 0. The van der Waals surface area contributed by atoms with Crippen molar-refractivity contribution in [1.29, 1.82) is 0 Å². The van der Waals surface area contributed by atoms with Gasteiger partial charge in [0.15, 0.2) is 17.5 Å². The van der Waals surface area contributed by atoms with Gasteiger partial charge < -0.3 is 5.32 Å². The average molecular weight is 538 g/mol. The van der Waals surface area contributed by atoms with Crippen LogP contribution in [-0.4, -0.2) is 22.1 Å². The van der Waals surface area contributed by atoms with Crippen molar-refractivity contribution in [3.8, 4) is 11.3 Å². The number of aromatic amines is 1. The molecule has 190 valence electrons. The van der Waals surface area contributed by atoms with Gasteiger partial charge in [0, 0.05) is 27.9 Å². The molecule has 0 saturated carbocycles. The van der Waals surface area contributed by atoms with Gasteiger partial charge in [0.05, 0.1) is 11.3 Å². The number of aliphatic imine (C=N–C) groups is 1. The molecule has 3 aromatic carbocycles. The molecule has 4 rings (SSSR count). The summed E-state index contributed by atoms with van der Waals surface area (Å²) < 4.78 is 79.8. The van der Waals surface area contributed by atoms with Crippen molar-refractivity contribution < 1.29 is 31.1 Å². The van der Waals surface area contributed by atoms with Gasteiger partial charge in [-0.1, -0.05) is 23.7 Å². The van der Waals surface area contributed by atoms with E-state index in [-0.39, 0.29) is 39.3 Å². The number of benzene rings is 3. The quantitative estimate of drug-likeness (QED) is 0.154. The van der Waals surface area contributed by atoms with E-state index in [9.17, 15) is 31.1 Å². The van der Waals surface area contributed by atoms with E-state index in [1.807, 2.05) is 0 Å². The lowest BCUT2D eigenvalue weighted by molar-refractivity contribution is -0.137. The summed E-state index contributed by atoms with van der Waals surface area (Å²) in [7, 11) is 0. The van der Waals surface area contributed by atoms with Crippen LogP contribution in [0.4, 0.5) is 37.8 Å². The van der Waals surface area contributed by atoms with E-state index in [4.69, 9.17) is 11.6 Å². The van der Waals surface area contributed by atoms with Gasteiger partial charge in [-0.25, -0.2) is 13.2 Å². The van der Waals surface area contributed by atoms with Gasteiger partial charge in [0.25, 0.3) is 5.91 Å². The molecule has 0 atom stereocenters. The highest BCUT2D eigenvalue weighted by Crippen LogP contribution is 2.32. The fourth-order valence-electron chi connectivity index (χ4n) is 3.16. The van der Waals surface area contributed by atoms with Crippen LogP contribution < -0.4 is 10.6 Å². The number of rotatable bonds is 4. The number of amides is 1. The highest BCUT2D eigenvalue weighted by Gasteiger charge is 2.30. The van der Waals surface area contributed by atoms with Crippen LogP contribution in [0.2, 0.25) is 5.02 Å². The molecule has 13 heteroatoms. The van der Waals surface area contributed by atoms with Gasteiger partial charge in [0.1, 0.15) is 5.82 Å². The van der Waals surface area contributed by atoms with Crippen molar-refractivity contribution in [2.24, 2.45) is 4.99 Å². The second-order valence-corrected chi connectivity index (χ2v) is 7.98. The first kappa shape index (κ1) is 25.8. The summed E-state index contributed by atoms with van der Waals surface area (Å²) in [5.74, 6) is -4.42. The molecule has 0 aliphatic carbocycles. The molecule has 0 aliphatic rings. The Kier molecular flexibility index (Phi) is 7.21. The maximum Gasteiger partial charge on any atom is 0.416 e. The standard InChI is InChI=1S/C24H14ClF6N5O/c25-15-8-16(26)10-17(9-15)32-23(34-22(37)13-4-5-18(27)19(28)7-13)33-21-11-20(35-36-21)12-2-1-3-14(6-12)24(29,30)31/h1-11H,(H3,32,33,34,35,36,37). The van der Waals surface area contributed by atoms with Gasteiger partial charge in [-0.05, 0) is 48.5 Å². The van der Waals surface area contributed by atoms with Crippen LogP contribution in [0.25, 0.3) is 11.3 Å². The highest BCUT2D eigenvalue weighted by molar-refractivity contribution is 6.31. The molecule has 0 spiro atoms. The number of aromatic nitrogens is 2. The summed E-state index contributed by atoms with van der Waals surface area (Å²) in [5, 5.41) is 11.5. The minimum absolute atomic E-state index is 0.0281. The molecule has 6 nitrogen and oxygen atoms in total. The summed E-state index contributed by atoms with van der Waals surface area (Å²) in [6.07, 6.45) is -4.55. The van der Waals surface area contributed by atoms with Gasteiger partial charge >= 0.3 is 6.18 Å². The molecule has 0 fully saturated rings. The number of nitrogens with zero attached hydrogens (tertiary/aromatic N) is 2.